The van der Waals surface area contributed by atoms with Crippen LogP contribution < -0.4 is 11.1 Å². The van der Waals surface area contributed by atoms with Crippen LogP contribution in [0.5, 0.6) is 0 Å². The minimum Gasteiger partial charge on any atom is -0.477 e. The normalized spacial score (nSPS) is 22.3. The van der Waals surface area contributed by atoms with E-state index in [1.807, 2.05) is 49.4 Å². The Morgan fingerprint density at radius 2 is 1.95 bits per heavy atom. The SMILES string of the molecule is CCC[C@H](N)C(=O)N[C@H](C(=O)N1CCC[C@H]1C1=N[C@](CO)(Cc2cccc(CI)c2)CO1)[C@@H](C)OCc1ccccc1. The number of aliphatic hydroxyl groups is 1. The maximum Gasteiger partial charge on any atom is 0.248 e. The van der Waals surface area contributed by atoms with Gasteiger partial charge in [-0.3, -0.25) is 9.59 Å². The van der Waals surface area contributed by atoms with Crippen LogP contribution in [0.25, 0.3) is 0 Å². The molecule has 228 valence electrons. The van der Waals surface area contributed by atoms with Gasteiger partial charge in [-0.15, -0.1) is 0 Å². The summed E-state index contributed by atoms with van der Waals surface area (Å²) in [7, 11) is 0. The lowest BCUT2D eigenvalue weighted by atomic mass is 9.93. The van der Waals surface area contributed by atoms with Crippen LogP contribution in [0.4, 0.5) is 0 Å². The highest BCUT2D eigenvalue weighted by molar-refractivity contribution is 14.1. The van der Waals surface area contributed by atoms with E-state index in [9.17, 15) is 14.7 Å². The van der Waals surface area contributed by atoms with Crippen LogP contribution in [0.15, 0.2) is 59.6 Å². The van der Waals surface area contributed by atoms with Crippen molar-refractivity contribution in [2.24, 2.45) is 10.7 Å². The Hall–Kier alpha value is -2.54. The van der Waals surface area contributed by atoms with Gasteiger partial charge in [-0.1, -0.05) is 90.5 Å². The molecular weight excluding hydrogens is 647 g/mol. The number of halogens is 1. The minimum atomic E-state index is -0.926. The summed E-state index contributed by atoms with van der Waals surface area (Å²) in [5.74, 6) is -0.160. The van der Waals surface area contributed by atoms with Crippen LogP contribution in [-0.4, -0.2) is 77.2 Å². The van der Waals surface area contributed by atoms with Gasteiger partial charge in [-0.2, -0.15) is 0 Å². The molecular formula is C32H43IN4O5. The molecule has 5 atom stereocenters. The lowest BCUT2D eigenvalue weighted by Gasteiger charge is -2.32. The third-order valence-electron chi connectivity index (χ3n) is 7.96. The Labute approximate surface area is 262 Å². The molecule has 4 rings (SSSR count). The van der Waals surface area contributed by atoms with Gasteiger partial charge in [0.1, 0.15) is 24.2 Å². The Kier molecular flexibility index (Phi) is 11.8. The topological polar surface area (TPSA) is 126 Å². The highest BCUT2D eigenvalue weighted by atomic mass is 127. The molecule has 1 fully saturated rings. The largest absolute Gasteiger partial charge is 0.477 e. The summed E-state index contributed by atoms with van der Waals surface area (Å²) in [4.78, 5) is 33.7. The standard InChI is InChI=1S/C32H43IN4O5/c1-3-9-26(34)29(39)35-28(22(2)41-19-23-10-5-4-6-11-23)31(40)37-15-8-14-27(37)30-36-32(20-38,21-42-30)17-24-12-7-13-25(16-24)18-33/h4-7,10-13,16,22,26-28,38H,3,8-9,14-15,17-21,34H2,1-2H3,(H,35,39)/t22-,26+,27+,28+,32+/m1/s1. The van der Waals surface area contributed by atoms with Gasteiger partial charge in [-0.05, 0) is 42.9 Å². The van der Waals surface area contributed by atoms with Gasteiger partial charge in [0.05, 0.1) is 25.4 Å². The summed E-state index contributed by atoms with van der Waals surface area (Å²) in [5, 5.41) is 13.3. The van der Waals surface area contributed by atoms with Crippen LogP contribution in [0.3, 0.4) is 0 Å². The third-order valence-corrected chi connectivity index (χ3v) is 8.84. The van der Waals surface area contributed by atoms with E-state index < -0.39 is 23.7 Å². The van der Waals surface area contributed by atoms with Gasteiger partial charge in [-0.25, -0.2) is 4.99 Å². The van der Waals surface area contributed by atoms with Gasteiger partial charge >= 0.3 is 0 Å². The average Bonchev–Trinajstić information content (AvgIpc) is 3.67. The smallest absolute Gasteiger partial charge is 0.248 e. The predicted octanol–water partition coefficient (Wildman–Crippen LogP) is 3.53. The van der Waals surface area contributed by atoms with E-state index >= 15 is 0 Å². The Morgan fingerprint density at radius 1 is 1.21 bits per heavy atom. The number of amides is 2. The first-order chi connectivity index (χ1) is 20.3. The lowest BCUT2D eigenvalue weighted by molar-refractivity contribution is -0.141. The first-order valence-electron chi connectivity index (χ1n) is 14.8. The molecule has 2 aromatic rings. The van der Waals surface area contributed by atoms with Gasteiger partial charge in [0, 0.05) is 17.4 Å². The molecule has 0 unspecified atom stereocenters. The minimum absolute atomic E-state index is 0.163. The number of nitrogens with two attached hydrogens (primary N) is 1. The maximum atomic E-state index is 14.1. The van der Waals surface area contributed by atoms with Gasteiger partial charge < -0.3 is 30.5 Å². The maximum absolute atomic E-state index is 14.1. The quantitative estimate of drug-likeness (QED) is 0.206. The number of ether oxygens (including phenoxy) is 2. The van der Waals surface area contributed by atoms with Crippen LogP contribution in [0.2, 0.25) is 0 Å². The number of rotatable bonds is 14. The van der Waals surface area contributed by atoms with Gasteiger partial charge in [0.15, 0.2) is 0 Å². The number of carbonyl (C=O) groups is 2. The van der Waals surface area contributed by atoms with Crippen molar-refractivity contribution in [3.8, 4) is 0 Å². The molecule has 0 spiro atoms. The summed E-state index contributed by atoms with van der Waals surface area (Å²) in [6.07, 6.45) is 2.67. The van der Waals surface area contributed by atoms with Crippen LogP contribution in [0.1, 0.15) is 56.2 Å². The van der Waals surface area contributed by atoms with E-state index in [0.717, 1.165) is 28.4 Å². The van der Waals surface area contributed by atoms with Crippen molar-refractivity contribution in [1.82, 2.24) is 10.2 Å². The van der Waals surface area contributed by atoms with E-state index in [-0.39, 0.29) is 31.1 Å². The summed E-state index contributed by atoms with van der Waals surface area (Å²) >= 11 is 2.34. The second-order valence-corrected chi connectivity index (χ2v) is 12.1. The molecule has 10 heteroatoms. The van der Waals surface area contributed by atoms with Crippen LogP contribution in [-0.2, 0) is 36.5 Å². The number of alkyl halides is 1. The number of hydrogen-bond donors (Lipinski definition) is 3. The molecule has 4 N–H and O–H groups in total. The molecule has 2 aliphatic rings. The first kappa shape index (κ1) is 32.4. The summed E-state index contributed by atoms with van der Waals surface area (Å²) in [6, 6.07) is 16.0. The first-order valence-corrected chi connectivity index (χ1v) is 16.3. The molecule has 9 nitrogen and oxygen atoms in total. The molecule has 0 aliphatic carbocycles. The number of aliphatic hydroxyl groups excluding tert-OH is 1. The van der Waals surface area contributed by atoms with Crippen molar-refractivity contribution in [2.45, 2.75) is 86.8 Å². The molecule has 0 radical (unpaired) electrons. The van der Waals surface area contributed by atoms with Crippen LogP contribution >= 0.6 is 22.6 Å². The van der Waals surface area contributed by atoms with E-state index in [1.54, 1.807) is 11.8 Å². The number of hydrogen-bond acceptors (Lipinski definition) is 7. The number of nitrogens with one attached hydrogen (secondary N) is 1. The zero-order valence-electron chi connectivity index (χ0n) is 24.5. The van der Waals surface area contributed by atoms with E-state index in [2.05, 4.69) is 40.0 Å². The Bertz CT molecular complexity index is 1230. The average molecular weight is 691 g/mol. The monoisotopic (exact) mass is 690 g/mol. The number of carbonyl (C=O) groups excluding carboxylic acids is 2. The fourth-order valence-electron chi connectivity index (χ4n) is 5.55. The van der Waals surface area contributed by atoms with Crippen LogP contribution in [0, 0.1) is 0 Å². The molecule has 2 heterocycles. The zero-order chi connectivity index (χ0) is 30.1. The Morgan fingerprint density at radius 3 is 2.67 bits per heavy atom. The zero-order valence-corrected chi connectivity index (χ0v) is 26.7. The number of benzene rings is 2. The van der Waals surface area contributed by atoms with Crippen molar-refractivity contribution in [3.05, 3.63) is 71.3 Å². The molecule has 1 saturated heterocycles. The second kappa shape index (κ2) is 15.3. The number of aliphatic imine (C=N–C) groups is 1. The van der Waals surface area contributed by atoms with E-state index in [0.29, 0.717) is 38.3 Å². The van der Waals surface area contributed by atoms with E-state index in [1.165, 1.54) is 5.56 Å². The van der Waals surface area contributed by atoms with Gasteiger partial charge in [0.2, 0.25) is 17.7 Å². The third kappa shape index (κ3) is 8.09. The number of nitrogens with zero attached hydrogens (tertiary/aromatic N) is 2. The molecule has 0 saturated carbocycles. The fourth-order valence-corrected chi connectivity index (χ4v) is 6.03. The highest BCUT2D eigenvalue weighted by Crippen LogP contribution is 2.30. The summed E-state index contributed by atoms with van der Waals surface area (Å²) in [5.41, 5.74) is 8.58. The van der Waals surface area contributed by atoms with Crippen molar-refractivity contribution in [3.63, 3.8) is 0 Å². The van der Waals surface area contributed by atoms with E-state index in [4.69, 9.17) is 20.2 Å². The van der Waals surface area contributed by atoms with Crippen molar-refractivity contribution in [1.29, 1.82) is 0 Å². The fraction of sp³-hybridized carbons (Fsp3) is 0.531. The number of likely N-dealkylation sites (tertiary alicyclic amines) is 1. The summed E-state index contributed by atoms with van der Waals surface area (Å²) in [6.45, 7) is 4.66. The molecule has 42 heavy (non-hydrogen) atoms. The molecule has 0 bridgehead atoms. The summed E-state index contributed by atoms with van der Waals surface area (Å²) < 4.78 is 13.1. The molecule has 0 aromatic heterocycles. The predicted molar refractivity (Wildman–Crippen MR) is 171 cm³/mol. The highest BCUT2D eigenvalue weighted by Gasteiger charge is 2.45. The molecule has 2 aliphatic heterocycles. The Balaban J connectivity index is 1.52. The second-order valence-electron chi connectivity index (χ2n) is 11.3. The van der Waals surface area contributed by atoms with Crippen molar-refractivity contribution in [2.75, 3.05) is 19.8 Å². The lowest BCUT2D eigenvalue weighted by Crippen LogP contribution is -2.58. The van der Waals surface area contributed by atoms with Gasteiger partial charge in [0.25, 0.3) is 0 Å². The molecule has 2 aromatic carbocycles. The van der Waals surface area contributed by atoms with Crippen molar-refractivity contribution < 1.29 is 24.2 Å². The van der Waals surface area contributed by atoms with Crippen molar-refractivity contribution >= 4 is 40.3 Å². The molecule has 2 amide bonds.